The number of carbonyl (C=O) groups is 1. The summed E-state index contributed by atoms with van der Waals surface area (Å²) < 4.78 is 0. The molecule has 2 aromatic heterocycles. The van der Waals surface area contributed by atoms with Gasteiger partial charge in [0, 0.05) is 17.4 Å². The Labute approximate surface area is 131 Å². The lowest BCUT2D eigenvalue weighted by Gasteiger charge is -1.99. The van der Waals surface area contributed by atoms with Gasteiger partial charge in [0.05, 0.1) is 12.1 Å². The van der Waals surface area contributed by atoms with Crippen LogP contribution >= 0.6 is 11.6 Å². The maximum Gasteiger partial charge on any atom is 0.220 e. The third kappa shape index (κ3) is 2.62. The van der Waals surface area contributed by atoms with Crippen molar-refractivity contribution >= 4 is 34.2 Å². The summed E-state index contributed by atoms with van der Waals surface area (Å²) in [6.07, 6.45) is 0.430. The molecule has 0 saturated carbocycles. The molecule has 0 saturated heterocycles. The Morgan fingerprint density at radius 3 is 3.05 bits per heavy atom. The molecule has 0 unspecified atom stereocenters. The number of carbonyl (C=O) groups excluding carboxylic acids is 1. The third-order valence-electron chi connectivity index (χ3n) is 3.35. The van der Waals surface area contributed by atoms with Gasteiger partial charge in [-0.1, -0.05) is 24.6 Å². The number of rotatable bonds is 4. The number of H-pyrrole nitrogens is 2. The first-order chi connectivity index (χ1) is 10.6. The SMILES string of the molecule is CCC(=O)NCc1nc(-c2ccc3c(N)n[nH]c3c2)c(Cl)[nH]1. The van der Waals surface area contributed by atoms with Crippen LogP contribution in [0.25, 0.3) is 22.2 Å². The first-order valence-electron chi connectivity index (χ1n) is 6.83. The zero-order valence-electron chi connectivity index (χ0n) is 11.9. The maximum atomic E-state index is 11.3. The van der Waals surface area contributed by atoms with E-state index < -0.39 is 0 Å². The highest BCUT2D eigenvalue weighted by atomic mass is 35.5. The number of benzene rings is 1. The summed E-state index contributed by atoms with van der Waals surface area (Å²) in [6, 6.07) is 5.63. The minimum atomic E-state index is -0.0385. The fraction of sp³-hybridized carbons (Fsp3) is 0.214. The molecule has 0 aliphatic heterocycles. The molecular weight excluding hydrogens is 304 g/mol. The number of amides is 1. The molecule has 0 spiro atoms. The molecule has 0 aliphatic carbocycles. The molecule has 0 fully saturated rings. The van der Waals surface area contributed by atoms with Crippen molar-refractivity contribution in [1.82, 2.24) is 25.5 Å². The van der Waals surface area contributed by atoms with Crippen LogP contribution in [0, 0.1) is 0 Å². The van der Waals surface area contributed by atoms with Gasteiger partial charge < -0.3 is 16.0 Å². The Bertz CT molecular complexity index is 837. The lowest BCUT2D eigenvalue weighted by atomic mass is 10.1. The largest absolute Gasteiger partial charge is 0.382 e. The van der Waals surface area contributed by atoms with Crippen molar-refractivity contribution in [2.45, 2.75) is 19.9 Å². The highest BCUT2D eigenvalue weighted by molar-refractivity contribution is 6.32. The molecule has 114 valence electrons. The second kappa shape index (κ2) is 5.69. The summed E-state index contributed by atoms with van der Waals surface area (Å²) in [7, 11) is 0. The minimum Gasteiger partial charge on any atom is -0.382 e. The molecule has 7 nitrogen and oxygen atoms in total. The van der Waals surface area contributed by atoms with Crippen LogP contribution in [0.2, 0.25) is 5.15 Å². The molecule has 3 rings (SSSR count). The molecule has 0 bridgehead atoms. The topological polar surface area (TPSA) is 112 Å². The van der Waals surface area contributed by atoms with Crippen molar-refractivity contribution in [3.05, 3.63) is 29.2 Å². The number of aromatic amines is 2. The van der Waals surface area contributed by atoms with Gasteiger partial charge in [-0.2, -0.15) is 5.10 Å². The van der Waals surface area contributed by atoms with Crippen LogP contribution in [0.3, 0.4) is 0 Å². The average molecular weight is 319 g/mol. The van der Waals surface area contributed by atoms with Crippen LogP contribution in [0.4, 0.5) is 5.82 Å². The molecule has 0 aliphatic rings. The second-order valence-corrected chi connectivity index (χ2v) is 5.22. The maximum absolute atomic E-state index is 11.3. The first kappa shape index (κ1) is 14.4. The van der Waals surface area contributed by atoms with Crippen molar-refractivity contribution in [3.8, 4) is 11.3 Å². The standard InChI is InChI=1S/C14H15ClN6O/c1-2-11(22)17-6-10-18-12(13(15)19-10)7-3-4-8-9(5-7)20-21-14(8)16/h3-5H,2,6H2,1H3,(H,17,22)(H,18,19)(H3,16,20,21). The first-order valence-corrected chi connectivity index (χ1v) is 7.21. The molecule has 0 radical (unpaired) electrons. The van der Waals surface area contributed by atoms with E-state index >= 15 is 0 Å². The summed E-state index contributed by atoms with van der Waals surface area (Å²) in [6.45, 7) is 2.10. The Hall–Kier alpha value is -2.54. The van der Waals surface area contributed by atoms with Crippen molar-refractivity contribution in [3.63, 3.8) is 0 Å². The number of nitrogens with one attached hydrogen (secondary N) is 3. The van der Waals surface area contributed by atoms with E-state index in [9.17, 15) is 4.79 Å². The molecular formula is C14H15ClN6O. The summed E-state index contributed by atoms with van der Waals surface area (Å²) in [5, 5.41) is 10.8. The van der Waals surface area contributed by atoms with E-state index in [2.05, 4.69) is 25.5 Å². The lowest BCUT2D eigenvalue weighted by molar-refractivity contribution is -0.120. The average Bonchev–Trinajstić information content (AvgIpc) is 3.08. The number of halogens is 1. The molecule has 5 N–H and O–H groups in total. The van der Waals surface area contributed by atoms with E-state index in [0.717, 1.165) is 16.5 Å². The van der Waals surface area contributed by atoms with Crippen molar-refractivity contribution < 1.29 is 4.79 Å². The summed E-state index contributed by atoms with van der Waals surface area (Å²) in [5.74, 6) is 1.02. The number of nitrogens with two attached hydrogens (primary N) is 1. The number of nitrogen functional groups attached to an aromatic ring is 1. The van der Waals surface area contributed by atoms with Gasteiger partial charge in [0.25, 0.3) is 0 Å². The van der Waals surface area contributed by atoms with E-state index in [1.54, 1.807) is 6.92 Å². The van der Waals surface area contributed by atoms with E-state index in [1.807, 2.05) is 18.2 Å². The Balaban J connectivity index is 1.89. The number of aromatic nitrogens is 4. The predicted molar refractivity (Wildman–Crippen MR) is 85.2 cm³/mol. The summed E-state index contributed by atoms with van der Waals surface area (Å²) >= 11 is 6.20. The fourth-order valence-corrected chi connectivity index (χ4v) is 2.43. The molecule has 8 heteroatoms. The molecule has 3 aromatic rings. The lowest BCUT2D eigenvalue weighted by Crippen LogP contribution is -2.22. The monoisotopic (exact) mass is 318 g/mol. The van der Waals surface area contributed by atoms with Crippen LogP contribution in [-0.2, 0) is 11.3 Å². The van der Waals surface area contributed by atoms with Crippen LogP contribution in [0.5, 0.6) is 0 Å². The van der Waals surface area contributed by atoms with Gasteiger partial charge in [-0.3, -0.25) is 9.89 Å². The summed E-state index contributed by atoms with van der Waals surface area (Å²) in [5.41, 5.74) is 8.03. The zero-order valence-corrected chi connectivity index (χ0v) is 12.7. The Kier molecular flexibility index (Phi) is 3.72. The summed E-state index contributed by atoms with van der Waals surface area (Å²) in [4.78, 5) is 18.7. The van der Waals surface area contributed by atoms with Gasteiger partial charge in [-0.25, -0.2) is 4.98 Å². The molecule has 2 heterocycles. The van der Waals surface area contributed by atoms with Gasteiger partial charge >= 0.3 is 0 Å². The van der Waals surface area contributed by atoms with Gasteiger partial charge in [0.15, 0.2) is 5.82 Å². The molecule has 1 aromatic carbocycles. The second-order valence-electron chi connectivity index (χ2n) is 4.85. The van der Waals surface area contributed by atoms with Crippen LogP contribution in [0.15, 0.2) is 18.2 Å². The van der Waals surface area contributed by atoms with Gasteiger partial charge in [0.2, 0.25) is 5.91 Å². The number of hydrogen-bond donors (Lipinski definition) is 4. The molecule has 22 heavy (non-hydrogen) atoms. The van der Waals surface area contributed by atoms with E-state index in [1.165, 1.54) is 0 Å². The number of nitrogens with zero attached hydrogens (tertiary/aromatic N) is 2. The van der Waals surface area contributed by atoms with Crippen molar-refractivity contribution in [2.24, 2.45) is 0 Å². The quantitative estimate of drug-likeness (QED) is 0.590. The van der Waals surface area contributed by atoms with E-state index in [4.69, 9.17) is 17.3 Å². The van der Waals surface area contributed by atoms with Gasteiger partial charge in [-0.15, -0.1) is 0 Å². The smallest absolute Gasteiger partial charge is 0.220 e. The normalized spacial score (nSPS) is 11.0. The third-order valence-corrected chi connectivity index (χ3v) is 3.62. The highest BCUT2D eigenvalue weighted by Gasteiger charge is 2.13. The van der Waals surface area contributed by atoms with Crippen LogP contribution in [-0.4, -0.2) is 26.1 Å². The molecule has 1 amide bonds. The van der Waals surface area contributed by atoms with Gasteiger partial charge in [-0.05, 0) is 12.1 Å². The number of anilines is 1. The number of fused-ring (bicyclic) bond motifs is 1. The Morgan fingerprint density at radius 1 is 1.45 bits per heavy atom. The van der Waals surface area contributed by atoms with Crippen molar-refractivity contribution in [2.75, 3.05) is 5.73 Å². The van der Waals surface area contributed by atoms with E-state index in [-0.39, 0.29) is 5.91 Å². The number of hydrogen-bond acceptors (Lipinski definition) is 4. The van der Waals surface area contributed by atoms with Crippen LogP contribution < -0.4 is 11.1 Å². The fourth-order valence-electron chi connectivity index (χ4n) is 2.17. The van der Waals surface area contributed by atoms with Crippen LogP contribution in [0.1, 0.15) is 19.2 Å². The van der Waals surface area contributed by atoms with Crippen molar-refractivity contribution in [1.29, 1.82) is 0 Å². The zero-order chi connectivity index (χ0) is 15.7. The Morgan fingerprint density at radius 2 is 2.27 bits per heavy atom. The van der Waals surface area contributed by atoms with E-state index in [0.29, 0.717) is 35.5 Å². The number of imidazole rings is 1. The molecule has 0 atom stereocenters. The highest BCUT2D eigenvalue weighted by Crippen LogP contribution is 2.29. The van der Waals surface area contributed by atoms with Gasteiger partial charge in [0.1, 0.15) is 16.7 Å². The minimum absolute atomic E-state index is 0.0385. The predicted octanol–water partition coefficient (Wildman–Crippen LogP) is 2.21.